The highest BCUT2D eigenvalue weighted by Crippen LogP contribution is 2.22. The van der Waals surface area contributed by atoms with Crippen molar-refractivity contribution < 1.29 is 27.1 Å². The predicted molar refractivity (Wildman–Crippen MR) is 92.6 cm³/mol. The molecule has 0 unspecified atom stereocenters. The summed E-state index contributed by atoms with van der Waals surface area (Å²) >= 11 is 0. The first-order chi connectivity index (χ1) is 12.0. The maximum Gasteiger partial charge on any atom is 0.407 e. The van der Waals surface area contributed by atoms with Gasteiger partial charge in [-0.05, 0) is 45.0 Å². The molecule has 2 aromatic rings. The van der Waals surface area contributed by atoms with Crippen LogP contribution in [-0.2, 0) is 14.6 Å². The number of aromatic nitrogens is 2. The van der Waals surface area contributed by atoms with E-state index in [0.29, 0.717) is 11.3 Å². The molecule has 2 rings (SSSR count). The van der Waals surface area contributed by atoms with Crippen molar-refractivity contribution in [2.75, 3.05) is 19.4 Å². The molecule has 0 bridgehead atoms. The van der Waals surface area contributed by atoms with Crippen molar-refractivity contribution in [2.45, 2.75) is 31.6 Å². The molecule has 0 aliphatic carbocycles. The zero-order valence-electron chi connectivity index (χ0n) is 15.0. The minimum Gasteiger partial charge on any atom is -0.492 e. The zero-order valence-corrected chi connectivity index (χ0v) is 15.8. The molecule has 10 heteroatoms. The van der Waals surface area contributed by atoms with Crippen molar-refractivity contribution in [3.8, 4) is 17.2 Å². The van der Waals surface area contributed by atoms with Crippen LogP contribution in [0.2, 0.25) is 0 Å². The molecule has 0 fully saturated rings. The summed E-state index contributed by atoms with van der Waals surface area (Å²) in [6, 6.07) is 6.67. The molecule has 142 valence electrons. The van der Waals surface area contributed by atoms with E-state index in [1.165, 1.54) is 0 Å². The van der Waals surface area contributed by atoms with Crippen molar-refractivity contribution in [3.63, 3.8) is 0 Å². The summed E-state index contributed by atoms with van der Waals surface area (Å²) in [5.41, 5.74) is 0.0126. The maximum absolute atomic E-state index is 11.5. The number of benzene rings is 1. The summed E-state index contributed by atoms with van der Waals surface area (Å²) in [4.78, 5) is 11.5. The Bertz CT molecular complexity index is 853. The summed E-state index contributed by atoms with van der Waals surface area (Å²) in [6.07, 6.45) is 0.488. The van der Waals surface area contributed by atoms with E-state index >= 15 is 0 Å². The third-order valence-electron chi connectivity index (χ3n) is 2.86. The minimum absolute atomic E-state index is 0.101. The van der Waals surface area contributed by atoms with Crippen molar-refractivity contribution in [2.24, 2.45) is 0 Å². The van der Waals surface area contributed by atoms with E-state index in [0.717, 1.165) is 6.26 Å². The van der Waals surface area contributed by atoms with Crippen LogP contribution in [0.4, 0.5) is 4.79 Å². The Balaban J connectivity index is 1.84. The molecule has 1 aromatic heterocycles. The number of sulfone groups is 1. The fraction of sp³-hybridized carbons (Fsp3) is 0.438. The molecule has 1 aromatic carbocycles. The fourth-order valence-electron chi connectivity index (χ4n) is 1.81. The normalized spacial score (nSPS) is 11.8. The third-order valence-corrected chi connectivity index (χ3v) is 3.66. The minimum atomic E-state index is -3.54. The molecule has 0 atom stereocenters. The monoisotopic (exact) mass is 383 g/mol. The molecule has 0 saturated carbocycles. The van der Waals surface area contributed by atoms with Crippen LogP contribution in [0.3, 0.4) is 0 Å². The quantitative estimate of drug-likeness (QED) is 0.752. The number of nitrogens with zero attached hydrogens (tertiary/aromatic N) is 2. The second-order valence-corrected chi connectivity index (χ2v) is 8.34. The number of nitrogens with one attached hydrogen (secondary N) is 1. The fourth-order valence-corrected chi connectivity index (χ4v) is 2.23. The lowest BCUT2D eigenvalue weighted by molar-refractivity contribution is 0.0520. The van der Waals surface area contributed by atoms with Gasteiger partial charge in [-0.15, -0.1) is 5.10 Å². The highest BCUT2D eigenvalue weighted by Gasteiger charge is 2.17. The van der Waals surface area contributed by atoms with E-state index in [4.69, 9.17) is 13.9 Å². The number of rotatable bonds is 6. The van der Waals surface area contributed by atoms with Gasteiger partial charge in [0, 0.05) is 11.8 Å². The van der Waals surface area contributed by atoms with Gasteiger partial charge in [-0.3, -0.25) is 0 Å². The molecular weight excluding hydrogens is 362 g/mol. The van der Waals surface area contributed by atoms with Crippen LogP contribution in [0.1, 0.15) is 20.8 Å². The standard InChI is InChI=1S/C16H21N3O6S/c1-16(2,3)25-14(20)17-9-10-23-12-7-5-11(6-8-12)13-18-19-15(24-13)26(4,21)22/h5-8H,9-10H2,1-4H3,(H,17,20). The lowest BCUT2D eigenvalue weighted by atomic mass is 10.2. The molecule has 0 aliphatic heterocycles. The third kappa shape index (κ3) is 6.03. The highest BCUT2D eigenvalue weighted by atomic mass is 32.2. The first kappa shape index (κ1) is 19.7. The Morgan fingerprint density at radius 1 is 1.19 bits per heavy atom. The van der Waals surface area contributed by atoms with Crippen molar-refractivity contribution >= 4 is 15.9 Å². The molecule has 0 aliphatic rings. The SMILES string of the molecule is CC(C)(C)OC(=O)NCCOc1ccc(-c2nnc(S(C)(=O)=O)o2)cc1. The Kier molecular flexibility index (Phi) is 5.86. The second-order valence-electron chi connectivity index (χ2n) is 6.45. The molecule has 26 heavy (non-hydrogen) atoms. The molecule has 9 nitrogen and oxygen atoms in total. The van der Waals surface area contributed by atoms with Gasteiger partial charge in [0.15, 0.2) is 0 Å². The van der Waals surface area contributed by atoms with E-state index in [1.54, 1.807) is 45.0 Å². The largest absolute Gasteiger partial charge is 0.492 e. The average Bonchev–Trinajstić information content (AvgIpc) is 3.00. The summed E-state index contributed by atoms with van der Waals surface area (Å²) in [7, 11) is -3.54. The van der Waals surface area contributed by atoms with Gasteiger partial charge in [-0.25, -0.2) is 13.2 Å². The Hall–Kier alpha value is -2.62. The maximum atomic E-state index is 11.5. The van der Waals surface area contributed by atoms with Gasteiger partial charge in [-0.2, -0.15) is 0 Å². The lowest BCUT2D eigenvalue weighted by Crippen LogP contribution is -2.34. The van der Waals surface area contributed by atoms with Crippen LogP contribution in [0.15, 0.2) is 33.9 Å². The van der Waals surface area contributed by atoms with Crippen LogP contribution in [0.25, 0.3) is 11.5 Å². The van der Waals surface area contributed by atoms with E-state index in [9.17, 15) is 13.2 Å². The smallest absolute Gasteiger partial charge is 0.407 e. The number of ether oxygens (including phenoxy) is 2. The van der Waals surface area contributed by atoms with E-state index < -0.39 is 26.8 Å². The summed E-state index contributed by atoms with van der Waals surface area (Å²) in [6.45, 7) is 5.90. The van der Waals surface area contributed by atoms with Crippen LogP contribution >= 0.6 is 0 Å². The number of carbonyl (C=O) groups is 1. The number of alkyl carbamates (subject to hydrolysis) is 1. The highest BCUT2D eigenvalue weighted by molar-refractivity contribution is 7.90. The molecule has 0 spiro atoms. The van der Waals surface area contributed by atoms with Gasteiger partial charge in [-0.1, -0.05) is 5.10 Å². The molecular formula is C16H21N3O6S. The van der Waals surface area contributed by atoms with Crippen LogP contribution in [0, 0.1) is 0 Å². The van der Waals surface area contributed by atoms with E-state index in [1.807, 2.05) is 0 Å². The Morgan fingerprint density at radius 2 is 1.85 bits per heavy atom. The Labute approximate surface area is 151 Å². The van der Waals surface area contributed by atoms with Crippen molar-refractivity contribution in [1.82, 2.24) is 15.5 Å². The topological polar surface area (TPSA) is 121 Å². The molecule has 1 heterocycles. The van der Waals surface area contributed by atoms with E-state index in [2.05, 4.69) is 15.5 Å². The van der Waals surface area contributed by atoms with Gasteiger partial charge < -0.3 is 19.2 Å². The first-order valence-electron chi connectivity index (χ1n) is 7.78. The van der Waals surface area contributed by atoms with Gasteiger partial charge in [0.25, 0.3) is 0 Å². The van der Waals surface area contributed by atoms with Crippen molar-refractivity contribution in [3.05, 3.63) is 24.3 Å². The average molecular weight is 383 g/mol. The number of hydrogen-bond donors (Lipinski definition) is 1. The molecule has 1 amide bonds. The molecule has 1 N–H and O–H groups in total. The molecule has 0 saturated heterocycles. The second kappa shape index (κ2) is 7.73. The molecule has 0 radical (unpaired) electrons. The number of carbonyl (C=O) groups excluding carboxylic acids is 1. The Morgan fingerprint density at radius 3 is 2.38 bits per heavy atom. The van der Waals surface area contributed by atoms with Gasteiger partial charge in [0.2, 0.25) is 15.7 Å². The van der Waals surface area contributed by atoms with Crippen LogP contribution in [-0.4, -0.2) is 49.7 Å². The van der Waals surface area contributed by atoms with Gasteiger partial charge in [0.05, 0.1) is 6.54 Å². The summed E-state index contributed by atoms with van der Waals surface area (Å²) in [5, 5.41) is 9.37. The van der Waals surface area contributed by atoms with Gasteiger partial charge >= 0.3 is 11.3 Å². The predicted octanol–water partition coefficient (Wildman–Crippen LogP) is 2.04. The number of hydrogen-bond acceptors (Lipinski definition) is 8. The van der Waals surface area contributed by atoms with Gasteiger partial charge in [0.1, 0.15) is 18.0 Å². The van der Waals surface area contributed by atoms with Crippen LogP contribution in [0.5, 0.6) is 5.75 Å². The lowest BCUT2D eigenvalue weighted by Gasteiger charge is -2.19. The van der Waals surface area contributed by atoms with Crippen LogP contribution < -0.4 is 10.1 Å². The first-order valence-corrected chi connectivity index (χ1v) is 9.67. The van der Waals surface area contributed by atoms with E-state index in [-0.39, 0.29) is 19.0 Å². The zero-order chi connectivity index (χ0) is 19.4. The van der Waals surface area contributed by atoms with Crippen molar-refractivity contribution in [1.29, 1.82) is 0 Å². The summed E-state index contributed by atoms with van der Waals surface area (Å²) < 4.78 is 38.4. The number of amides is 1. The summed E-state index contributed by atoms with van der Waals surface area (Å²) in [5.74, 6) is 0.672.